The first-order valence-electron chi connectivity index (χ1n) is 7.35. The Kier molecular flexibility index (Phi) is 4.24. The van der Waals surface area contributed by atoms with Gasteiger partial charge in [0.05, 0.1) is 12.0 Å². The molecule has 0 radical (unpaired) electrons. The van der Waals surface area contributed by atoms with E-state index in [0.29, 0.717) is 11.3 Å². The number of carbonyl (C=O) groups is 2. The van der Waals surface area contributed by atoms with Crippen molar-refractivity contribution in [3.05, 3.63) is 51.2 Å². The first-order chi connectivity index (χ1) is 10.6. The van der Waals surface area contributed by atoms with Gasteiger partial charge in [0.1, 0.15) is 0 Å². The van der Waals surface area contributed by atoms with Crippen LogP contribution in [0.15, 0.2) is 29.6 Å². The van der Waals surface area contributed by atoms with Crippen LogP contribution in [0.5, 0.6) is 0 Å². The van der Waals surface area contributed by atoms with Gasteiger partial charge in [-0.15, -0.1) is 11.3 Å². The van der Waals surface area contributed by atoms with Crippen LogP contribution in [0.25, 0.3) is 0 Å². The van der Waals surface area contributed by atoms with Crippen molar-refractivity contribution >= 4 is 28.9 Å². The van der Waals surface area contributed by atoms with E-state index in [4.69, 9.17) is 5.11 Å². The highest BCUT2D eigenvalue weighted by molar-refractivity contribution is 7.10. The summed E-state index contributed by atoms with van der Waals surface area (Å²) in [6, 6.07) is 7.05. The van der Waals surface area contributed by atoms with Gasteiger partial charge in [0.2, 0.25) is 0 Å². The Bertz CT molecular complexity index is 720. The lowest BCUT2D eigenvalue weighted by atomic mass is 9.95. The number of thiophene rings is 1. The van der Waals surface area contributed by atoms with Gasteiger partial charge in [-0.3, -0.25) is 9.59 Å². The molecular weight excluding hydrogens is 298 g/mol. The minimum absolute atomic E-state index is 0.0990. The van der Waals surface area contributed by atoms with E-state index >= 15 is 0 Å². The minimum atomic E-state index is -0.908. The largest absolute Gasteiger partial charge is 0.481 e. The number of amides is 1. The quantitative estimate of drug-likeness (QED) is 0.907. The number of benzene rings is 1. The maximum Gasteiger partial charge on any atom is 0.307 e. The molecule has 22 heavy (non-hydrogen) atoms. The van der Waals surface area contributed by atoms with Crippen LogP contribution in [-0.4, -0.2) is 17.0 Å². The van der Waals surface area contributed by atoms with Crippen molar-refractivity contribution in [3.8, 4) is 0 Å². The molecule has 0 atom stereocenters. The molecule has 0 bridgehead atoms. The number of hydrogen-bond donors (Lipinski definition) is 2. The van der Waals surface area contributed by atoms with Crippen LogP contribution in [0.3, 0.4) is 0 Å². The molecule has 1 aromatic carbocycles. The first-order valence-corrected chi connectivity index (χ1v) is 8.23. The maximum atomic E-state index is 12.5. The molecule has 1 aliphatic carbocycles. The number of carbonyl (C=O) groups excluding carboxylic acids is 1. The van der Waals surface area contributed by atoms with Crippen LogP contribution >= 0.6 is 11.3 Å². The second-order valence-corrected chi connectivity index (χ2v) is 6.40. The van der Waals surface area contributed by atoms with Crippen molar-refractivity contribution in [2.45, 2.75) is 32.1 Å². The van der Waals surface area contributed by atoms with E-state index < -0.39 is 5.97 Å². The molecule has 3 rings (SSSR count). The van der Waals surface area contributed by atoms with Crippen molar-refractivity contribution in [2.75, 3.05) is 5.32 Å². The second-order valence-electron chi connectivity index (χ2n) is 5.44. The first kappa shape index (κ1) is 14.8. The van der Waals surface area contributed by atoms with Crippen molar-refractivity contribution in [2.24, 2.45) is 0 Å². The van der Waals surface area contributed by atoms with E-state index in [1.165, 1.54) is 16.9 Å². The lowest BCUT2D eigenvalue weighted by Gasteiger charge is -2.13. The van der Waals surface area contributed by atoms with Crippen LogP contribution < -0.4 is 5.32 Å². The molecule has 0 spiro atoms. The number of aliphatic carboxylic acids is 1. The van der Waals surface area contributed by atoms with Gasteiger partial charge in [0.15, 0.2) is 0 Å². The summed E-state index contributed by atoms with van der Waals surface area (Å²) in [5.41, 5.74) is 3.10. The Morgan fingerprint density at radius 3 is 2.77 bits per heavy atom. The molecule has 1 heterocycles. The summed E-state index contributed by atoms with van der Waals surface area (Å²) in [4.78, 5) is 24.8. The molecule has 5 heteroatoms. The van der Waals surface area contributed by atoms with Crippen LogP contribution in [0, 0.1) is 0 Å². The Balaban J connectivity index is 1.83. The van der Waals surface area contributed by atoms with Gasteiger partial charge in [-0.1, -0.05) is 18.2 Å². The second kappa shape index (κ2) is 6.32. The number of para-hydroxylation sites is 1. The molecule has 2 aromatic rings. The maximum absolute atomic E-state index is 12.5. The molecule has 114 valence electrons. The Labute approximate surface area is 132 Å². The van der Waals surface area contributed by atoms with E-state index in [-0.39, 0.29) is 12.3 Å². The molecule has 1 aliphatic rings. The van der Waals surface area contributed by atoms with Gasteiger partial charge in [-0.05, 0) is 42.9 Å². The minimum Gasteiger partial charge on any atom is -0.481 e. The van der Waals surface area contributed by atoms with Crippen molar-refractivity contribution in [1.82, 2.24) is 0 Å². The number of carboxylic acid groups (broad SMARTS) is 1. The third-order valence-electron chi connectivity index (χ3n) is 3.91. The molecule has 0 aliphatic heterocycles. The molecule has 4 nitrogen and oxygen atoms in total. The average molecular weight is 315 g/mol. The van der Waals surface area contributed by atoms with E-state index in [1.807, 2.05) is 5.38 Å². The summed E-state index contributed by atoms with van der Waals surface area (Å²) in [5.74, 6) is -1.05. The van der Waals surface area contributed by atoms with E-state index in [0.717, 1.165) is 24.8 Å². The van der Waals surface area contributed by atoms with Gasteiger partial charge in [0.25, 0.3) is 5.91 Å². The highest BCUT2D eigenvalue weighted by Gasteiger charge is 2.20. The fraction of sp³-hybridized carbons (Fsp3) is 0.294. The zero-order valence-electron chi connectivity index (χ0n) is 12.1. The number of carboxylic acids is 1. The number of fused-ring (bicyclic) bond motifs is 1. The van der Waals surface area contributed by atoms with Gasteiger partial charge < -0.3 is 10.4 Å². The van der Waals surface area contributed by atoms with Gasteiger partial charge in [0, 0.05) is 15.9 Å². The van der Waals surface area contributed by atoms with E-state index in [1.54, 1.807) is 35.6 Å². The van der Waals surface area contributed by atoms with Crippen LogP contribution in [0.2, 0.25) is 0 Å². The molecular formula is C17H17NO3S. The fourth-order valence-electron chi connectivity index (χ4n) is 2.83. The third-order valence-corrected chi connectivity index (χ3v) is 5.00. The van der Waals surface area contributed by atoms with Crippen LogP contribution in [-0.2, 0) is 24.1 Å². The van der Waals surface area contributed by atoms with E-state index in [9.17, 15) is 9.59 Å². The van der Waals surface area contributed by atoms with Crippen LogP contribution in [0.1, 0.15) is 39.2 Å². The normalized spacial score (nSPS) is 13.5. The highest BCUT2D eigenvalue weighted by Crippen LogP contribution is 2.31. The predicted molar refractivity (Wildman–Crippen MR) is 86.7 cm³/mol. The van der Waals surface area contributed by atoms with Crippen molar-refractivity contribution < 1.29 is 14.7 Å². The SMILES string of the molecule is O=C(O)Cc1ccccc1NC(=O)c1csc2c1CCCC2. The number of rotatable bonds is 4. The zero-order chi connectivity index (χ0) is 15.5. The topological polar surface area (TPSA) is 66.4 Å². The molecule has 0 fully saturated rings. The summed E-state index contributed by atoms with van der Waals surface area (Å²) in [6.07, 6.45) is 4.23. The monoisotopic (exact) mass is 315 g/mol. The Hall–Kier alpha value is -2.14. The summed E-state index contributed by atoms with van der Waals surface area (Å²) < 4.78 is 0. The predicted octanol–water partition coefficient (Wildman–Crippen LogP) is 3.51. The number of nitrogens with one attached hydrogen (secondary N) is 1. The van der Waals surface area contributed by atoms with Gasteiger partial charge in [-0.2, -0.15) is 0 Å². The lowest BCUT2D eigenvalue weighted by molar-refractivity contribution is -0.136. The number of hydrogen-bond acceptors (Lipinski definition) is 3. The fourth-order valence-corrected chi connectivity index (χ4v) is 3.96. The average Bonchev–Trinajstić information content (AvgIpc) is 2.93. The molecule has 0 unspecified atom stereocenters. The van der Waals surface area contributed by atoms with Crippen molar-refractivity contribution in [1.29, 1.82) is 0 Å². The standard InChI is InChI=1S/C17H17NO3S/c19-16(20)9-11-5-1-3-7-14(11)18-17(21)13-10-22-15-8-4-2-6-12(13)15/h1,3,5,7,10H,2,4,6,8-9H2,(H,18,21)(H,19,20). The molecule has 0 saturated heterocycles. The van der Waals surface area contributed by atoms with Crippen LogP contribution in [0.4, 0.5) is 5.69 Å². The summed E-state index contributed by atoms with van der Waals surface area (Å²) in [6.45, 7) is 0. The highest BCUT2D eigenvalue weighted by atomic mass is 32.1. The molecule has 0 saturated carbocycles. The zero-order valence-corrected chi connectivity index (χ0v) is 12.9. The summed E-state index contributed by atoms with van der Waals surface area (Å²) in [7, 11) is 0. The Morgan fingerprint density at radius 1 is 1.18 bits per heavy atom. The summed E-state index contributed by atoms with van der Waals surface area (Å²) in [5, 5.41) is 13.8. The molecule has 2 N–H and O–H groups in total. The van der Waals surface area contributed by atoms with Crippen molar-refractivity contribution in [3.63, 3.8) is 0 Å². The number of aryl methyl sites for hydroxylation is 1. The van der Waals surface area contributed by atoms with Gasteiger partial charge >= 0.3 is 5.97 Å². The Morgan fingerprint density at radius 2 is 1.95 bits per heavy atom. The smallest absolute Gasteiger partial charge is 0.307 e. The van der Waals surface area contributed by atoms with E-state index in [2.05, 4.69) is 5.32 Å². The van der Waals surface area contributed by atoms with Gasteiger partial charge in [-0.25, -0.2) is 0 Å². The molecule has 1 amide bonds. The lowest BCUT2D eigenvalue weighted by Crippen LogP contribution is -2.16. The number of anilines is 1. The third kappa shape index (κ3) is 3.04. The molecule has 1 aromatic heterocycles. The summed E-state index contributed by atoms with van der Waals surface area (Å²) >= 11 is 1.65.